The number of urea groups is 1. The molecule has 0 spiro atoms. The number of hydrogen-bond donors (Lipinski definition) is 3. The van der Waals surface area contributed by atoms with Gasteiger partial charge in [-0.1, -0.05) is 6.92 Å². The van der Waals surface area contributed by atoms with Crippen molar-refractivity contribution in [2.45, 2.75) is 13.3 Å². The molecule has 20 heavy (non-hydrogen) atoms. The minimum absolute atomic E-state index is 0.0648. The molecule has 8 heteroatoms. The molecule has 3 N–H and O–H groups in total. The lowest BCUT2D eigenvalue weighted by atomic mass is 9.94. The average molecular weight is 276 g/mol. The zero-order valence-electron chi connectivity index (χ0n) is 11.1. The summed E-state index contributed by atoms with van der Waals surface area (Å²) in [5.74, 6) is 0.00745. The largest absolute Gasteiger partial charge is 0.337 e. The standard InChI is InChI=1S/C12H16N6O2/c1-8-6-10(19)15-16-11(8)9-2-4-18(14-7-9)17-5-3-13-12(17)20/h2,4,7-8,14H,3,5-6H2,1H3,(H,13,20)(H,15,19). The number of rotatable bonds is 2. The van der Waals surface area contributed by atoms with Crippen LogP contribution in [-0.2, 0) is 4.79 Å². The molecular weight excluding hydrogens is 260 g/mol. The maximum Gasteiger partial charge on any atom is 0.337 e. The molecule has 3 amide bonds. The zero-order valence-corrected chi connectivity index (χ0v) is 11.1. The van der Waals surface area contributed by atoms with Crippen LogP contribution >= 0.6 is 0 Å². The van der Waals surface area contributed by atoms with Crippen molar-refractivity contribution in [1.82, 2.24) is 26.3 Å². The predicted molar refractivity (Wildman–Crippen MR) is 71.7 cm³/mol. The highest BCUT2D eigenvalue weighted by atomic mass is 16.2. The van der Waals surface area contributed by atoms with Crippen LogP contribution in [0.5, 0.6) is 0 Å². The smallest absolute Gasteiger partial charge is 0.335 e. The summed E-state index contributed by atoms with van der Waals surface area (Å²) < 4.78 is 0. The molecule has 0 aliphatic carbocycles. The minimum Gasteiger partial charge on any atom is -0.335 e. The lowest BCUT2D eigenvalue weighted by Gasteiger charge is -2.32. The Morgan fingerprint density at radius 1 is 1.40 bits per heavy atom. The molecule has 1 unspecified atom stereocenters. The number of hydrogen-bond acceptors (Lipinski definition) is 5. The van der Waals surface area contributed by atoms with E-state index in [-0.39, 0.29) is 17.9 Å². The van der Waals surface area contributed by atoms with Crippen LogP contribution in [0, 0.1) is 5.92 Å². The van der Waals surface area contributed by atoms with E-state index in [0.29, 0.717) is 19.5 Å². The lowest BCUT2D eigenvalue weighted by molar-refractivity contribution is -0.121. The number of nitrogens with zero attached hydrogens (tertiary/aromatic N) is 3. The van der Waals surface area contributed by atoms with Crippen LogP contribution in [0.15, 0.2) is 29.2 Å². The number of carbonyl (C=O) groups is 2. The van der Waals surface area contributed by atoms with Gasteiger partial charge in [-0.3, -0.25) is 10.2 Å². The van der Waals surface area contributed by atoms with Crippen LogP contribution < -0.4 is 16.2 Å². The Hall–Kier alpha value is -2.51. The Balaban J connectivity index is 1.70. The molecule has 3 aliphatic heterocycles. The predicted octanol–water partition coefficient (Wildman–Crippen LogP) is -0.344. The van der Waals surface area contributed by atoms with E-state index in [1.807, 2.05) is 13.0 Å². The van der Waals surface area contributed by atoms with Gasteiger partial charge < -0.3 is 5.32 Å². The summed E-state index contributed by atoms with van der Waals surface area (Å²) in [5, 5.41) is 10.0. The number of hydrazone groups is 1. The van der Waals surface area contributed by atoms with Crippen molar-refractivity contribution in [3.8, 4) is 0 Å². The van der Waals surface area contributed by atoms with Gasteiger partial charge in [0.25, 0.3) is 0 Å². The third-order valence-corrected chi connectivity index (χ3v) is 3.40. The highest BCUT2D eigenvalue weighted by molar-refractivity contribution is 6.07. The van der Waals surface area contributed by atoms with Crippen molar-refractivity contribution in [2.24, 2.45) is 11.0 Å². The van der Waals surface area contributed by atoms with E-state index in [9.17, 15) is 9.59 Å². The summed E-state index contributed by atoms with van der Waals surface area (Å²) in [5.41, 5.74) is 7.25. The maximum atomic E-state index is 11.6. The van der Waals surface area contributed by atoms with Gasteiger partial charge in [-0.25, -0.2) is 15.2 Å². The van der Waals surface area contributed by atoms with Crippen LogP contribution in [0.3, 0.4) is 0 Å². The number of nitrogens with one attached hydrogen (secondary N) is 3. The van der Waals surface area contributed by atoms with E-state index in [4.69, 9.17) is 0 Å². The second kappa shape index (κ2) is 4.87. The number of hydrazine groups is 2. The van der Waals surface area contributed by atoms with Gasteiger partial charge in [-0.15, -0.1) is 0 Å². The highest BCUT2D eigenvalue weighted by Gasteiger charge is 2.27. The van der Waals surface area contributed by atoms with E-state index in [2.05, 4.69) is 21.3 Å². The first-order valence-electron chi connectivity index (χ1n) is 6.51. The van der Waals surface area contributed by atoms with E-state index < -0.39 is 0 Å². The van der Waals surface area contributed by atoms with E-state index in [0.717, 1.165) is 11.3 Å². The second-order valence-corrected chi connectivity index (χ2v) is 4.88. The molecule has 3 aliphatic rings. The van der Waals surface area contributed by atoms with Gasteiger partial charge in [0.1, 0.15) is 0 Å². The monoisotopic (exact) mass is 276 g/mol. The first kappa shape index (κ1) is 12.5. The number of amides is 3. The first-order chi connectivity index (χ1) is 9.65. The third kappa shape index (κ3) is 2.20. The fraction of sp³-hybridized carbons (Fsp3) is 0.417. The van der Waals surface area contributed by atoms with Gasteiger partial charge in [-0.05, 0) is 6.08 Å². The third-order valence-electron chi connectivity index (χ3n) is 3.40. The molecule has 1 fully saturated rings. The molecule has 0 aromatic rings. The van der Waals surface area contributed by atoms with Crippen molar-refractivity contribution in [3.63, 3.8) is 0 Å². The van der Waals surface area contributed by atoms with Crippen LogP contribution in [0.4, 0.5) is 4.79 Å². The summed E-state index contributed by atoms with van der Waals surface area (Å²) in [6.45, 7) is 3.22. The summed E-state index contributed by atoms with van der Waals surface area (Å²) in [6.07, 6.45) is 5.85. The zero-order chi connectivity index (χ0) is 14.1. The van der Waals surface area contributed by atoms with Crippen molar-refractivity contribution >= 4 is 17.6 Å². The number of carbonyl (C=O) groups excluding carboxylic acids is 2. The van der Waals surface area contributed by atoms with Gasteiger partial charge in [0.05, 0.1) is 12.3 Å². The van der Waals surface area contributed by atoms with Crippen LogP contribution in [0.25, 0.3) is 0 Å². The van der Waals surface area contributed by atoms with Gasteiger partial charge >= 0.3 is 6.03 Å². The number of allylic oxidation sites excluding steroid dienone is 2. The summed E-state index contributed by atoms with van der Waals surface area (Å²) >= 11 is 0. The fourth-order valence-electron chi connectivity index (χ4n) is 2.36. The molecule has 1 atom stereocenters. The fourth-order valence-corrected chi connectivity index (χ4v) is 2.36. The first-order valence-corrected chi connectivity index (χ1v) is 6.51. The summed E-state index contributed by atoms with van der Waals surface area (Å²) in [7, 11) is 0. The van der Waals surface area contributed by atoms with Gasteiger partial charge in [0.2, 0.25) is 5.91 Å². The van der Waals surface area contributed by atoms with Gasteiger partial charge in [0.15, 0.2) is 0 Å². The average Bonchev–Trinajstić information content (AvgIpc) is 2.85. The molecule has 0 aromatic heterocycles. The summed E-state index contributed by atoms with van der Waals surface area (Å²) in [6, 6.07) is -0.130. The van der Waals surface area contributed by atoms with Crippen LogP contribution in [-0.4, -0.2) is 40.9 Å². The molecule has 106 valence electrons. The molecule has 0 saturated carbocycles. The van der Waals surface area contributed by atoms with Crippen molar-refractivity contribution in [3.05, 3.63) is 24.0 Å². The van der Waals surface area contributed by atoms with Gasteiger partial charge in [-0.2, -0.15) is 10.2 Å². The van der Waals surface area contributed by atoms with Crippen LogP contribution in [0.2, 0.25) is 0 Å². The minimum atomic E-state index is -0.130. The molecule has 1 saturated heterocycles. The van der Waals surface area contributed by atoms with Crippen molar-refractivity contribution < 1.29 is 9.59 Å². The van der Waals surface area contributed by atoms with Gasteiger partial charge in [0, 0.05) is 36.9 Å². The van der Waals surface area contributed by atoms with Crippen molar-refractivity contribution in [1.29, 1.82) is 0 Å². The molecule has 8 nitrogen and oxygen atoms in total. The Kier molecular flexibility index (Phi) is 3.05. The van der Waals surface area contributed by atoms with Crippen molar-refractivity contribution in [2.75, 3.05) is 13.1 Å². The normalized spacial score (nSPS) is 25.8. The highest BCUT2D eigenvalue weighted by Crippen LogP contribution is 2.18. The quantitative estimate of drug-likeness (QED) is 0.643. The molecule has 3 heterocycles. The SMILES string of the molecule is CC1CC(=O)NN=C1C1=CNN(N2CCNC2=O)C=C1. The Morgan fingerprint density at radius 2 is 2.25 bits per heavy atom. The second-order valence-electron chi connectivity index (χ2n) is 4.88. The summed E-state index contributed by atoms with van der Waals surface area (Å²) in [4.78, 5) is 22.8. The lowest BCUT2D eigenvalue weighted by Crippen LogP contribution is -2.48. The Morgan fingerprint density at radius 3 is 2.85 bits per heavy atom. The van der Waals surface area contributed by atoms with Crippen LogP contribution in [0.1, 0.15) is 13.3 Å². The Labute approximate surface area is 116 Å². The molecule has 0 aromatic carbocycles. The molecule has 0 radical (unpaired) electrons. The maximum absolute atomic E-state index is 11.6. The van der Waals surface area contributed by atoms with E-state index in [1.165, 1.54) is 0 Å². The molecule has 0 bridgehead atoms. The Bertz CT molecular complexity index is 538. The topological polar surface area (TPSA) is 89.1 Å². The van der Waals surface area contributed by atoms with E-state index in [1.54, 1.807) is 22.5 Å². The molecular formula is C12H16N6O2. The van der Waals surface area contributed by atoms with E-state index >= 15 is 0 Å². The molecule has 3 rings (SSSR count).